The van der Waals surface area contributed by atoms with Gasteiger partial charge in [-0.05, 0) is 54.7 Å². The second-order valence-corrected chi connectivity index (χ2v) is 6.43. The maximum atomic E-state index is 12.4. The molecule has 0 saturated carbocycles. The molecule has 0 spiro atoms. The summed E-state index contributed by atoms with van der Waals surface area (Å²) in [6.45, 7) is 2.91. The van der Waals surface area contributed by atoms with E-state index < -0.39 is 0 Å². The van der Waals surface area contributed by atoms with Gasteiger partial charge in [0.15, 0.2) is 0 Å². The van der Waals surface area contributed by atoms with Gasteiger partial charge in [-0.1, -0.05) is 44.0 Å². The van der Waals surface area contributed by atoms with Crippen LogP contribution in [0.5, 0.6) is 5.75 Å². The maximum Gasteiger partial charge on any atom is 0.251 e. The van der Waals surface area contributed by atoms with Gasteiger partial charge in [0.05, 0.1) is 6.61 Å². The Kier molecular flexibility index (Phi) is 5.52. The predicted octanol–water partition coefficient (Wildman–Crippen LogP) is 4.15. The van der Waals surface area contributed by atoms with Gasteiger partial charge in [-0.3, -0.25) is 4.79 Å². The zero-order valence-corrected chi connectivity index (χ0v) is 14.3. The fourth-order valence-electron chi connectivity index (χ4n) is 3.17. The van der Waals surface area contributed by atoms with E-state index in [9.17, 15) is 4.79 Å². The van der Waals surface area contributed by atoms with E-state index >= 15 is 0 Å². The van der Waals surface area contributed by atoms with Crippen LogP contribution < -0.4 is 10.1 Å². The third kappa shape index (κ3) is 4.16. The van der Waals surface area contributed by atoms with E-state index in [-0.39, 0.29) is 11.9 Å². The minimum atomic E-state index is -0.00895. The van der Waals surface area contributed by atoms with Gasteiger partial charge in [0, 0.05) is 11.6 Å². The number of ether oxygens (including phenoxy) is 1. The van der Waals surface area contributed by atoms with Crippen LogP contribution in [-0.2, 0) is 12.8 Å². The van der Waals surface area contributed by atoms with Crippen LogP contribution in [0, 0.1) is 0 Å². The number of hydrogen-bond acceptors (Lipinski definition) is 2. The first-order valence-electron chi connectivity index (χ1n) is 8.87. The Bertz CT molecular complexity index is 653. The van der Waals surface area contributed by atoms with Crippen molar-refractivity contribution in [2.75, 3.05) is 6.61 Å². The number of fused-ring (bicyclic) bond motifs is 1. The number of carbonyl (C=O) groups is 1. The lowest BCUT2D eigenvalue weighted by molar-refractivity contribution is 0.0938. The van der Waals surface area contributed by atoms with Crippen molar-refractivity contribution in [3.8, 4) is 5.75 Å². The average molecular weight is 323 g/mol. The van der Waals surface area contributed by atoms with Crippen molar-refractivity contribution in [3.05, 3.63) is 65.2 Å². The predicted molar refractivity (Wildman–Crippen MR) is 96.6 cm³/mol. The van der Waals surface area contributed by atoms with Gasteiger partial charge in [0.25, 0.3) is 5.91 Å². The molecule has 0 bridgehead atoms. The van der Waals surface area contributed by atoms with E-state index in [1.54, 1.807) is 0 Å². The number of unbranched alkanes of at least 4 members (excludes halogenated alkanes) is 2. The molecule has 3 rings (SSSR count). The molecule has 0 unspecified atom stereocenters. The van der Waals surface area contributed by atoms with Gasteiger partial charge in [-0.2, -0.15) is 0 Å². The van der Waals surface area contributed by atoms with Crippen LogP contribution in [0.1, 0.15) is 47.7 Å². The minimum Gasteiger partial charge on any atom is -0.494 e. The van der Waals surface area contributed by atoms with Crippen molar-refractivity contribution in [1.29, 1.82) is 0 Å². The number of hydrogen-bond donors (Lipinski definition) is 1. The van der Waals surface area contributed by atoms with E-state index in [1.165, 1.54) is 24.0 Å². The Morgan fingerprint density at radius 3 is 2.33 bits per heavy atom. The molecule has 0 atom stereocenters. The quantitative estimate of drug-likeness (QED) is 0.777. The van der Waals surface area contributed by atoms with Crippen molar-refractivity contribution in [2.45, 2.75) is 45.1 Å². The summed E-state index contributed by atoms with van der Waals surface area (Å²) in [5.41, 5.74) is 3.38. The van der Waals surface area contributed by atoms with Crippen LogP contribution in [0.4, 0.5) is 0 Å². The third-order valence-electron chi connectivity index (χ3n) is 4.52. The molecule has 1 amide bonds. The fraction of sp³-hybridized carbons (Fsp3) is 0.381. The maximum absolute atomic E-state index is 12.4. The van der Waals surface area contributed by atoms with Crippen molar-refractivity contribution in [1.82, 2.24) is 5.32 Å². The monoisotopic (exact) mass is 323 g/mol. The number of benzene rings is 2. The second kappa shape index (κ2) is 8.00. The highest BCUT2D eigenvalue weighted by atomic mass is 16.5. The Morgan fingerprint density at radius 1 is 1.04 bits per heavy atom. The van der Waals surface area contributed by atoms with Crippen LogP contribution in [0.15, 0.2) is 48.5 Å². The number of amides is 1. The first kappa shape index (κ1) is 16.6. The molecule has 1 aliphatic carbocycles. The molecule has 0 heterocycles. The molecule has 3 heteroatoms. The SMILES string of the molecule is CCCCCOc1ccc(C(=O)NC2Cc3ccccc3C2)cc1. The number of nitrogens with one attached hydrogen (secondary N) is 1. The summed E-state index contributed by atoms with van der Waals surface area (Å²) in [6, 6.07) is 16.0. The van der Waals surface area contributed by atoms with Crippen LogP contribution in [0.3, 0.4) is 0 Å². The van der Waals surface area contributed by atoms with Crippen molar-refractivity contribution < 1.29 is 9.53 Å². The van der Waals surface area contributed by atoms with Crippen LogP contribution in [0.25, 0.3) is 0 Å². The standard InChI is InChI=1S/C21H25NO2/c1-2-3-6-13-24-20-11-9-16(10-12-20)21(23)22-19-14-17-7-4-5-8-18(17)15-19/h4-5,7-12,19H,2-3,6,13-15H2,1H3,(H,22,23). The zero-order chi connectivity index (χ0) is 16.8. The van der Waals surface area contributed by atoms with Gasteiger partial charge >= 0.3 is 0 Å². The molecule has 0 aliphatic heterocycles. The summed E-state index contributed by atoms with van der Waals surface area (Å²) in [5, 5.41) is 3.14. The van der Waals surface area contributed by atoms with E-state index in [1.807, 2.05) is 24.3 Å². The largest absolute Gasteiger partial charge is 0.494 e. The first-order valence-corrected chi connectivity index (χ1v) is 8.87. The van der Waals surface area contributed by atoms with Crippen molar-refractivity contribution in [2.24, 2.45) is 0 Å². The molecule has 0 radical (unpaired) electrons. The highest BCUT2D eigenvalue weighted by Gasteiger charge is 2.22. The molecule has 1 aliphatic rings. The molecule has 1 N–H and O–H groups in total. The summed E-state index contributed by atoms with van der Waals surface area (Å²) in [6.07, 6.45) is 5.28. The molecule has 0 aromatic heterocycles. The Labute approximate surface area is 144 Å². The van der Waals surface area contributed by atoms with Crippen LogP contribution >= 0.6 is 0 Å². The van der Waals surface area contributed by atoms with Gasteiger partial charge in [-0.25, -0.2) is 0 Å². The van der Waals surface area contributed by atoms with E-state index in [0.717, 1.165) is 31.6 Å². The molecular formula is C21H25NO2. The lowest BCUT2D eigenvalue weighted by Crippen LogP contribution is -2.35. The van der Waals surface area contributed by atoms with Crippen LogP contribution in [0.2, 0.25) is 0 Å². The summed E-state index contributed by atoms with van der Waals surface area (Å²) < 4.78 is 5.69. The molecule has 2 aromatic rings. The Morgan fingerprint density at radius 2 is 1.71 bits per heavy atom. The van der Waals surface area contributed by atoms with Crippen molar-refractivity contribution in [3.63, 3.8) is 0 Å². The lowest BCUT2D eigenvalue weighted by Gasteiger charge is -2.12. The topological polar surface area (TPSA) is 38.3 Å². The zero-order valence-electron chi connectivity index (χ0n) is 14.3. The van der Waals surface area contributed by atoms with E-state index in [0.29, 0.717) is 5.56 Å². The highest BCUT2D eigenvalue weighted by Crippen LogP contribution is 2.22. The van der Waals surface area contributed by atoms with Gasteiger partial charge in [0.1, 0.15) is 5.75 Å². The first-order chi connectivity index (χ1) is 11.8. The highest BCUT2D eigenvalue weighted by molar-refractivity contribution is 5.94. The van der Waals surface area contributed by atoms with Gasteiger partial charge < -0.3 is 10.1 Å². The molecular weight excluding hydrogens is 298 g/mol. The van der Waals surface area contributed by atoms with Crippen LogP contribution in [-0.4, -0.2) is 18.6 Å². The number of carbonyl (C=O) groups excluding carboxylic acids is 1. The fourth-order valence-corrected chi connectivity index (χ4v) is 3.17. The summed E-state index contributed by atoms with van der Waals surface area (Å²) >= 11 is 0. The normalized spacial score (nSPS) is 13.5. The second-order valence-electron chi connectivity index (χ2n) is 6.43. The molecule has 24 heavy (non-hydrogen) atoms. The molecule has 126 valence electrons. The minimum absolute atomic E-state index is 0.00895. The molecule has 0 fully saturated rings. The molecule has 2 aromatic carbocycles. The third-order valence-corrected chi connectivity index (χ3v) is 4.52. The van der Waals surface area contributed by atoms with E-state index in [4.69, 9.17) is 4.74 Å². The van der Waals surface area contributed by atoms with Gasteiger partial charge in [-0.15, -0.1) is 0 Å². The Hall–Kier alpha value is -2.29. The molecule has 3 nitrogen and oxygen atoms in total. The number of rotatable bonds is 7. The summed E-state index contributed by atoms with van der Waals surface area (Å²) in [5.74, 6) is 0.821. The smallest absolute Gasteiger partial charge is 0.251 e. The summed E-state index contributed by atoms with van der Waals surface area (Å²) in [4.78, 5) is 12.4. The van der Waals surface area contributed by atoms with E-state index in [2.05, 4.69) is 36.5 Å². The average Bonchev–Trinajstić information content (AvgIpc) is 3.01. The Balaban J connectivity index is 1.51. The summed E-state index contributed by atoms with van der Waals surface area (Å²) in [7, 11) is 0. The van der Waals surface area contributed by atoms with Gasteiger partial charge in [0.2, 0.25) is 0 Å². The molecule has 0 saturated heterocycles. The van der Waals surface area contributed by atoms with Crippen molar-refractivity contribution >= 4 is 5.91 Å². The lowest BCUT2D eigenvalue weighted by atomic mass is 10.1.